The van der Waals surface area contributed by atoms with Gasteiger partial charge in [0, 0.05) is 25.6 Å². The molecule has 0 bridgehead atoms. The van der Waals surface area contributed by atoms with E-state index in [0.717, 1.165) is 0 Å². The van der Waals surface area contributed by atoms with E-state index in [1.807, 2.05) is 31.6 Å². The van der Waals surface area contributed by atoms with E-state index in [9.17, 15) is 0 Å². The second-order valence-electron chi connectivity index (χ2n) is 3.24. The van der Waals surface area contributed by atoms with Crippen molar-refractivity contribution < 1.29 is 18.1 Å². The second-order valence-corrected chi connectivity index (χ2v) is 13.7. The van der Waals surface area contributed by atoms with E-state index >= 15 is 0 Å². The molecule has 0 unspecified atom stereocenters. The average Bonchev–Trinajstić information content (AvgIpc) is 2.39. The number of carbonyl (C=O) groups is 1. The first-order valence-corrected chi connectivity index (χ1v) is 14.0. The van der Waals surface area contributed by atoms with Crippen LogP contribution in [-0.2, 0) is 13.3 Å². The highest BCUT2D eigenvalue weighted by Crippen LogP contribution is 2.48. The zero-order valence-corrected chi connectivity index (χ0v) is 17.2. The van der Waals surface area contributed by atoms with Gasteiger partial charge in [0.2, 0.25) is 0 Å². The molecule has 128 valence electrons. The van der Waals surface area contributed by atoms with Crippen molar-refractivity contribution in [3.63, 3.8) is 0 Å². The van der Waals surface area contributed by atoms with Gasteiger partial charge in [0.05, 0.1) is 0 Å². The Labute approximate surface area is 143 Å². The molecule has 0 fully saturated rings. The lowest BCUT2D eigenvalue weighted by molar-refractivity contribution is 0.0971. The Morgan fingerprint density at radius 1 is 0.952 bits per heavy atom. The molecule has 0 rings (SSSR count). The van der Waals surface area contributed by atoms with Crippen molar-refractivity contribution >= 4 is 54.7 Å². The largest absolute Gasteiger partial charge is 0.585 e. The van der Waals surface area contributed by atoms with E-state index in [1.54, 1.807) is 29.9 Å². The summed E-state index contributed by atoms with van der Waals surface area (Å²) in [5, 5.41) is 0. The Balaban J connectivity index is 0. The Bertz CT molecular complexity index is 234. The van der Waals surface area contributed by atoms with E-state index in [-0.39, 0.29) is 0 Å². The van der Waals surface area contributed by atoms with E-state index in [0.29, 0.717) is 19.8 Å². The van der Waals surface area contributed by atoms with Crippen LogP contribution in [0.1, 0.15) is 34.1 Å². The minimum atomic E-state index is -2.51. The first kappa shape index (κ1) is 24.0. The van der Waals surface area contributed by atoms with Gasteiger partial charge in [-0.15, -0.1) is 0 Å². The van der Waals surface area contributed by atoms with Crippen LogP contribution in [0.5, 0.6) is 0 Å². The third-order valence-electron chi connectivity index (χ3n) is 1.46. The Morgan fingerprint density at radius 3 is 1.71 bits per heavy atom. The number of urea groups is 1. The molecule has 4 N–H and O–H groups in total. The molecule has 21 heavy (non-hydrogen) atoms. The smallest absolute Gasteiger partial charge is 0.365 e. The van der Waals surface area contributed by atoms with Crippen LogP contribution in [0.15, 0.2) is 0 Å². The SMILES string of the molecule is CCCSSSS[Si](OCC)(OCC)OCC.NC(N)=O. The fourth-order valence-corrected chi connectivity index (χ4v) is 15.0. The van der Waals surface area contributed by atoms with Crippen molar-refractivity contribution in [3.8, 4) is 0 Å². The van der Waals surface area contributed by atoms with Gasteiger partial charge in [0.25, 0.3) is 0 Å². The highest BCUT2D eigenvalue weighted by atomic mass is 33.7. The summed E-state index contributed by atoms with van der Waals surface area (Å²) in [7, 11) is 4.45. The fraction of sp³-hybridized carbons (Fsp3) is 0.900. The Hall–Kier alpha value is 0.767. The van der Waals surface area contributed by atoms with Gasteiger partial charge in [-0.3, -0.25) is 0 Å². The topological polar surface area (TPSA) is 96.8 Å². The Morgan fingerprint density at radius 2 is 1.38 bits per heavy atom. The molecule has 0 aliphatic rings. The Kier molecular flexibility index (Phi) is 19.6. The maximum absolute atomic E-state index is 9.00. The van der Waals surface area contributed by atoms with Crippen LogP contribution >= 0.6 is 40.7 Å². The molecule has 11 heteroatoms. The summed E-state index contributed by atoms with van der Waals surface area (Å²) in [6.07, 6.45) is 1.20. The quantitative estimate of drug-likeness (QED) is 0.294. The lowest BCUT2D eigenvalue weighted by Gasteiger charge is -2.25. The summed E-state index contributed by atoms with van der Waals surface area (Å²) in [4.78, 5) is 9.00. The molecule has 6 nitrogen and oxygen atoms in total. The molecule has 0 saturated heterocycles. The standard InChI is InChI=1S/C9H22O3S4Si.CH4N2O/c1-5-9-13-14-15-16-17(10-6-2,11-7-3)12-8-4;2-1(3)4/h5-9H2,1-4H3;(H4,2,3,4). The van der Waals surface area contributed by atoms with Crippen molar-refractivity contribution in [2.45, 2.75) is 34.1 Å². The molecule has 0 aliphatic carbocycles. The maximum Gasteiger partial charge on any atom is 0.585 e. The molecule has 0 aromatic rings. The van der Waals surface area contributed by atoms with Gasteiger partial charge < -0.3 is 24.7 Å². The van der Waals surface area contributed by atoms with E-state index in [4.69, 9.17) is 18.1 Å². The van der Waals surface area contributed by atoms with Gasteiger partial charge in [-0.1, -0.05) is 17.7 Å². The molecule has 2 amide bonds. The van der Waals surface area contributed by atoms with Crippen LogP contribution in [0, 0.1) is 0 Å². The number of amides is 2. The maximum atomic E-state index is 9.00. The van der Waals surface area contributed by atoms with Gasteiger partial charge in [-0.25, -0.2) is 4.79 Å². The predicted octanol–water partition coefficient (Wildman–Crippen LogP) is 3.64. The normalized spacial score (nSPS) is 10.9. The van der Waals surface area contributed by atoms with Crippen LogP contribution in [0.3, 0.4) is 0 Å². The van der Waals surface area contributed by atoms with Crippen molar-refractivity contribution in [2.75, 3.05) is 25.6 Å². The summed E-state index contributed by atoms with van der Waals surface area (Å²) >= 11 is 0. The summed E-state index contributed by atoms with van der Waals surface area (Å²) in [6, 6.07) is -0.833. The summed E-state index contributed by atoms with van der Waals surface area (Å²) in [6.45, 7) is 10.0. The van der Waals surface area contributed by atoms with Crippen molar-refractivity contribution in [1.82, 2.24) is 0 Å². The molecule has 0 aliphatic heterocycles. The number of carbonyl (C=O) groups excluding carboxylic acids is 1. The molecular formula is C10H26N2O4S4Si. The highest BCUT2D eigenvalue weighted by Gasteiger charge is 2.43. The molecular weight excluding hydrogens is 368 g/mol. The fourth-order valence-electron chi connectivity index (χ4n) is 0.920. The van der Waals surface area contributed by atoms with E-state index < -0.39 is 14.0 Å². The van der Waals surface area contributed by atoms with Gasteiger partial charge >= 0.3 is 14.0 Å². The third-order valence-corrected chi connectivity index (χ3v) is 14.4. The summed E-state index contributed by atoms with van der Waals surface area (Å²) in [5.74, 6) is 1.17. The zero-order valence-electron chi connectivity index (χ0n) is 13.0. The second kappa shape index (κ2) is 17.1. The van der Waals surface area contributed by atoms with Crippen LogP contribution in [0.4, 0.5) is 4.79 Å². The summed E-state index contributed by atoms with van der Waals surface area (Å²) < 4.78 is 17.2. The zero-order chi connectivity index (χ0) is 16.6. The van der Waals surface area contributed by atoms with Crippen LogP contribution < -0.4 is 11.5 Å². The van der Waals surface area contributed by atoms with Crippen molar-refractivity contribution in [2.24, 2.45) is 11.5 Å². The lowest BCUT2D eigenvalue weighted by Crippen LogP contribution is -2.42. The van der Waals surface area contributed by atoms with E-state index in [2.05, 4.69) is 18.4 Å². The lowest BCUT2D eigenvalue weighted by atomic mass is 10.6. The molecule has 0 aromatic carbocycles. The third kappa shape index (κ3) is 17.0. The van der Waals surface area contributed by atoms with Gasteiger partial charge in [0.15, 0.2) is 0 Å². The molecule has 0 spiro atoms. The monoisotopic (exact) mass is 394 g/mol. The minimum Gasteiger partial charge on any atom is -0.365 e. The first-order chi connectivity index (χ1) is 9.97. The molecule has 0 heterocycles. The van der Waals surface area contributed by atoms with Gasteiger partial charge in [0.1, 0.15) is 0 Å². The molecule has 0 radical (unpaired) electrons. The van der Waals surface area contributed by atoms with Gasteiger partial charge in [-0.05, 0) is 57.1 Å². The molecule has 0 saturated carbocycles. The highest BCUT2D eigenvalue weighted by molar-refractivity contribution is 9.28. The number of hydrogen-bond acceptors (Lipinski definition) is 8. The average molecular weight is 395 g/mol. The summed E-state index contributed by atoms with van der Waals surface area (Å²) in [5.41, 5.74) is 8.50. The van der Waals surface area contributed by atoms with Crippen LogP contribution in [-0.4, -0.2) is 39.6 Å². The minimum absolute atomic E-state index is 0.631. The van der Waals surface area contributed by atoms with Crippen molar-refractivity contribution in [1.29, 1.82) is 0 Å². The first-order valence-electron chi connectivity index (χ1n) is 6.58. The number of primary amides is 2. The molecule has 0 atom stereocenters. The number of hydrogen-bond donors (Lipinski definition) is 2. The van der Waals surface area contributed by atoms with Crippen LogP contribution in [0.2, 0.25) is 0 Å². The van der Waals surface area contributed by atoms with E-state index in [1.165, 1.54) is 12.2 Å². The predicted molar refractivity (Wildman–Crippen MR) is 99.9 cm³/mol. The van der Waals surface area contributed by atoms with Crippen LogP contribution in [0.25, 0.3) is 0 Å². The van der Waals surface area contributed by atoms with Gasteiger partial charge in [-0.2, -0.15) is 0 Å². The van der Waals surface area contributed by atoms with Crippen molar-refractivity contribution in [3.05, 3.63) is 0 Å². The molecule has 0 aromatic heterocycles. The number of nitrogens with two attached hydrogens (primary N) is 2. The number of rotatable bonds is 12.